The summed E-state index contributed by atoms with van der Waals surface area (Å²) in [5.41, 5.74) is 0. The first-order valence-corrected chi connectivity index (χ1v) is 4.88. The molecule has 0 aromatic heterocycles. The molecule has 0 heterocycles. The third-order valence-electron chi connectivity index (χ3n) is 1.27. The maximum absolute atomic E-state index is 13.0. The molecule has 0 aliphatic rings. The molecular weight excluding hydrogens is 234 g/mol. The molecule has 0 spiro atoms. The number of hydrogen-bond acceptors (Lipinski definition) is 3. The Bertz CT molecular complexity index is 236. The Morgan fingerprint density at radius 3 is 2.00 bits per heavy atom. The predicted molar refractivity (Wildman–Crippen MR) is 34.6 cm³/mol. The second kappa shape index (κ2) is 4.12. The average molecular weight is 241 g/mol. The van der Waals surface area contributed by atoms with E-state index in [1.807, 2.05) is 0 Å². The summed E-state index contributed by atoms with van der Waals surface area (Å²) in [6, 6.07) is 0. The summed E-state index contributed by atoms with van der Waals surface area (Å²) in [4.78, 5) is 9.82. The molecule has 3 nitrogen and oxygen atoms in total. The van der Waals surface area contributed by atoms with Gasteiger partial charge in [0.2, 0.25) is 5.85 Å². The molecule has 14 heavy (non-hydrogen) atoms. The van der Waals surface area contributed by atoms with Crippen LogP contribution in [-0.4, -0.2) is 12.0 Å². The molecule has 0 aromatic carbocycles. The second-order valence-electron chi connectivity index (χ2n) is 2.55. The number of halogens is 5. The molecule has 2 atom stereocenters. The topological polar surface area (TPSA) is 49.4 Å². The van der Waals surface area contributed by atoms with Crippen LogP contribution in [-0.2, 0) is 9.09 Å². The Morgan fingerprint density at radius 2 is 1.79 bits per heavy atom. The summed E-state index contributed by atoms with van der Waals surface area (Å²) in [7, 11) is -6.01. The van der Waals surface area contributed by atoms with Gasteiger partial charge in [-0.05, 0) is 0 Å². The van der Waals surface area contributed by atoms with E-state index in [0.717, 1.165) is 6.92 Å². The van der Waals surface area contributed by atoms with Gasteiger partial charge in [-0.25, -0.2) is 4.39 Å². The number of alkyl halides is 4. The highest BCUT2D eigenvalue weighted by Crippen LogP contribution is 2.48. The zero-order valence-corrected chi connectivity index (χ0v) is 7.87. The molecule has 2 unspecified atom stereocenters. The van der Waals surface area contributed by atoms with Crippen molar-refractivity contribution >= 4 is 7.91 Å². The highest BCUT2D eigenvalue weighted by atomic mass is 31.2. The fraction of sp³-hybridized carbons (Fsp3) is 1.00. The molecule has 0 rings (SSSR count). The third kappa shape index (κ3) is 6.28. The molecule has 0 N–H and O–H groups in total. The molecular formula is C5H7F5O3P-. The van der Waals surface area contributed by atoms with E-state index in [2.05, 4.69) is 4.52 Å². The van der Waals surface area contributed by atoms with Gasteiger partial charge in [-0.15, -0.1) is 0 Å². The lowest BCUT2D eigenvalue weighted by Gasteiger charge is -2.28. The maximum atomic E-state index is 13.0. The van der Waals surface area contributed by atoms with Gasteiger partial charge in [0.1, 0.15) is 6.42 Å². The van der Waals surface area contributed by atoms with Crippen molar-refractivity contribution in [1.82, 2.24) is 0 Å². The van der Waals surface area contributed by atoms with Crippen molar-refractivity contribution in [2.75, 3.05) is 0 Å². The summed E-state index contributed by atoms with van der Waals surface area (Å²) in [5, 5.41) is 0. The second-order valence-corrected chi connectivity index (χ2v) is 3.59. The molecule has 0 aliphatic heterocycles. The predicted octanol–water partition coefficient (Wildman–Crippen LogP) is 2.47. The van der Waals surface area contributed by atoms with Gasteiger partial charge < -0.3 is 4.89 Å². The van der Waals surface area contributed by atoms with Gasteiger partial charge in [0.05, 0.1) is 0 Å². The van der Waals surface area contributed by atoms with Crippen molar-refractivity contribution in [3.8, 4) is 0 Å². The van der Waals surface area contributed by atoms with Crippen LogP contribution in [0.15, 0.2) is 0 Å². The fourth-order valence-electron chi connectivity index (χ4n) is 0.717. The van der Waals surface area contributed by atoms with Crippen LogP contribution in [0.2, 0.25) is 0 Å². The summed E-state index contributed by atoms with van der Waals surface area (Å²) in [5.74, 6) is -3.57. The number of hydrogen-bond donors (Lipinski definition) is 0. The minimum Gasteiger partial charge on any atom is -0.753 e. The lowest BCUT2D eigenvalue weighted by Crippen LogP contribution is -2.32. The Kier molecular flexibility index (Phi) is 4.06. The molecule has 0 radical (unpaired) electrons. The van der Waals surface area contributed by atoms with E-state index in [4.69, 9.17) is 0 Å². The molecule has 0 amide bonds. The highest BCUT2D eigenvalue weighted by molar-refractivity contribution is 7.45. The molecule has 0 aliphatic carbocycles. The van der Waals surface area contributed by atoms with E-state index < -0.39 is 32.8 Å². The normalized spacial score (nSPS) is 21.4. The monoisotopic (exact) mass is 241 g/mol. The van der Waals surface area contributed by atoms with Crippen molar-refractivity contribution in [1.29, 1.82) is 0 Å². The van der Waals surface area contributed by atoms with Crippen molar-refractivity contribution in [2.24, 2.45) is 0 Å². The molecule has 9 heteroatoms. The molecule has 0 aromatic rings. The Hall–Kier alpha value is -0.200. The molecule has 0 fully saturated rings. The van der Waals surface area contributed by atoms with Crippen LogP contribution < -0.4 is 4.89 Å². The lowest BCUT2D eigenvalue weighted by molar-refractivity contribution is -0.255. The first-order valence-electron chi connectivity index (χ1n) is 3.44. The summed E-state index contributed by atoms with van der Waals surface area (Å²) in [6.07, 6.45) is -8.07. The summed E-state index contributed by atoms with van der Waals surface area (Å²) < 4.78 is 72.7. The third-order valence-corrected chi connectivity index (χ3v) is 1.81. The van der Waals surface area contributed by atoms with Crippen LogP contribution in [0, 0.1) is 0 Å². The minimum atomic E-state index is -6.01. The van der Waals surface area contributed by atoms with Gasteiger partial charge in [0.15, 0.2) is 0 Å². The maximum Gasteiger partial charge on any atom is 0.394 e. The largest absolute Gasteiger partial charge is 0.753 e. The highest BCUT2D eigenvalue weighted by Gasteiger charge is 2.45. The first kappa shape index (κ1) is 13.8. The van der Waals surface area contributed by atoms with Crippen LogP contribution in [0.3, 0.4) is 0 Å². The van der Waals surface area contributed by atoms with E-state index in [0.29, 0.717) is 0 Å². The van der Waals surface area contributed by atoms with Crippen LogP contribution in [0.4, 0.5) is 21.8 Å². The van der Waals surface area contributed by atoms with E-state index in [1.54, 1.807) is 0 Å². The smallest absolute Gasteiger partial charge is 0.394 e. The molecule has 0 saturated heterocycles. The van der Waals surface area contributed by atoms with Crippen molar-refractivity contribution < 1.29 is 35.7 Å². The average Bonchev–Trinajstić information content (AvgIpc) is 1.78. The van der Waals surface area contributed by atoms with Crippen molar-refractivity contribution in [2.45, 2.75) is 31.8 Å². The van der Waals surface area contributed by atoms with Gasteiger partial charge in [-0.1, -0.05) is 6.92 Å². The fourth-order valence-corrected chi connectivity index (χ4v) is 1.30. The quantitative estimate of drug-likeness (QED) is 0.561. The van der Waals surface area contributed by atoms with Gasteiger partial charge in [0.25, 0.3) is 0 Å². The van der Waals surface area contributed by atoms with Crippen molar-refractivity contribution in [3.63, 3.8) is 0 Å². The first-order chi connectivity index (χ1) is 5.97. The Balaban J connectivity index is 4.57. The van der Waals surface area contributed by atoms with Gasteiger partial charge in [-0.3, -0.25) is 9.09 Å². The van der Waals surface area contributed by atoms with Crippen molar-refractivity contribution in [3.05, 3.63) is 0 Å². The Morgan fingerprint density at radius 1 is 1.36 bits per heavy atom. The van der Waals surface area contributed by atoms with E-state index >= 15 is 0 Å². The molecule has 86 valence electrons. The SMILES string of the molecule is CCC(F)(CC(F)(F)F)OP(=O)([O-])F. The van der Waals surface area contributed by atoms with Crippen LogP contribution in [0.5, 0.6) is 0 Å². The molecule has 0 saturated carbocycles. The van der Waals surface area contributed by atoms with Gasteiger partial charge in [-0.2, -0.15) is 17.4 Å². The summed E-state index contributed by atoms with van der Waals surface area (Å²) in [6.45, 7) is 0.904. The van der Waals surface area contributed by atoms with Gasteiger partial charge in [0, 0.05) is 6.42 Å². The Labute approximate surface area is 76.5 Å². The zero-order valence-electron chi connectivity index (χ0n) is 6.98. The lowest BCUT2D eigenvalue weighted by atomic mass is 10.1. The van der Waals surface area contributed by atoms with Crippen LogP contribution in [0.25, 0.3) is 0 Å². The minimum absolute atomic E-state index is 0.904. The summed E-state index contributed by atoms with van der Waals surface area (Å²) >= 11 is 0. The van der Waals surface area contributed by atoms with Gasteiger partial charge >= 0.3 is 14.1 Å². The number of rotatable bonds is 4. The van der Waals surface area contributed by atoms with E-state index in [9.17, 15) is 31.2 Å². The zero-order chi connectivity index (χ0) is 11.6. The van der Waals surface area contributed by atoms with E-state index in [1.165, 1.54) is 0 Å². The molecule has 0 bridgehead atoms. The van der Waals surface area contributed by atoms with Crippen LogP contribution >= 0.6 is 7.91 Å². The van der Waals surface area contributed by atoms with E-state index in [-0.39, 0.29) is 0 Å². The van der Waals surface area contributed by atoms with Crippen LogP contribution in [0.1, 0.15) is 19.8 Å². The standard InChI is InChI=1S/C5H8F5O3P/c1-2-4(6,3-5(7,8)9)13-14(10,11)12/h2-3H2,1H3,(H,11,12)/p-1.